The molecular weight excluding hydrogens is 352 g/mol. The van der Waals surface area contributed by atoms with Gasteiger partial charge in [0.1, 0.15) is 19.5 Å². The first-order chi connectivity index (χ1) is 13.7. The molecule has 0 aromatic heterocycles. The van der Waals surface area contributed by atoms with Crippen molar-refractivity contribution in [3.8, 4) is 16.9 Å². The fraction of sp³-hybridized carbons (Fsp3) is 0.130. The van der Waals surface area contributed by atoms with E-state index in [-0.39, 0.29) is 11.6 Å². The number of benzene rings is 3. The van der Waals surface area contributed by atoms with Crippen LogP contribution in [0.5, 0.6) is 5.75 Å². The SMILES string of the molecule is CNC(=O)/C(=N/OC)c1ccccc1COc1cccc(-c2ccccc2)c1. The van der Waals surface area contributed by atoms with Crippen LogP contribution >= 0.6 is 0 Å². The summed E-state index contributed by atoms with van der Waals surface area (Å²) >= 11 is 0. The summed E-state index contributed by atoms with van der Waals surface area (Å²) in [6.07, 6.45) is 0. The third-order valence-electron chi connectivity index (χ3n) is 4.23. The fourth-order valence-electron chi connectivity index (χ4n) is 2.86. The van der Waals surface area contributed by atoms with Gasteiger partial charge in [0.15, 0.2) is 5.71 Å². The van der Waals surface area contributed by atoms with E-state index in [1.54, 1.807) is 7.05 Å². The molecule has 0 spiro atoms. The molecule has 3 aromatic carbocycles. The zero-order chi connectivity index (χ0) is 19.8. The van der Waals surface area contributed by atoms with Gasteiger partial charge in [-0.15, -0.1) is 0 Å². The summed E-state index contributed by atoms with van der Waals surface area (Å²) in [4.78, 5) is 17.0. The van der Waals surface area contributed by atoms with Gasteiger partial charge in [-0.2, -0.15) is 0 Å². The monoisotopic (exact) mass is 374 g/mol. The van der Waals surface area contributed by atoms with Crippen molar-refractivity contribution in [2.75, 3.05) is 14.2 Å². The van der Waals surface area contributed by atoms with Crippen molar-refractivity contribution in [1.29, 1.82) is 0 Å². The van der Waals surface area contributed by atoms with Crippen LogP contribution in [-0.2, 0) is 16.2 Å². The first kappa shape index (κ1) is 19.2. The first-order valence-corrected chi connectivity index (χ1v) is 8.92. The minimum absolute atomic E-state index is 0.210. The van der Waals surface area contributed by atoms with Crippen molar-refractivity contribution in [3.63, 3.8) is 0 Å². The Bertz CT molecular complexity index is 968. The number of hydrogen-bond donors (Lipinski definition) is 1. The maximum atomic E-state index is 12.2. The number of carbonyl (C=O) groups excluding carboxylic acids is 1. The van der Waals surface area contributed by atoms with Crippen LogP contribution in [0.25, 0.3) is 11.1 Å². The number of oxime groups is 1. The van der Waals surface area contributed by atoms with Gasteiger partial charge in [0, 0.05) is 12.6 Å². The molecule has 0 bridgehead atoms. The number of carbonyl (C=O) groups is 1. The molecule has 0 saturated carbocycles. The van der Waals surface area contributed by atoms with Crippen LogP contribution < -0.4 is 10.1 Å². The molecule has 0 atom stereocenters. The minimum Gasteiger partial charge on any atom is -0.489 e. The number of ether oxygens (including phenoxy) is 1. The van der Waals surface area contributed by atoms with Gasteiger partial charge >= 0.3 is 0 Å². The van der Waals surface area contributed by atoms with Gasteiger partial charge in [-0.25, -0.2) is 0 Å². The van der Waals surface area contributed by atoms with E-state index in [1.165, 1.54) is 7.11 Å². The Labute approximate surface area is 164 Å². The predicted octanol–water partition coefficient (Wildman–Crippen LogP) is 4.03. The summed E-state index contributed by atoms with van der Waals surface area (Å²) in [5.74, 6) is 0.432. The van der Waals surface area contributed by atoms with Gasteiger partial charge in [-0.3, -0.25) is 4.79 Å². The number of nitrogens with zero attached hydrogens (tertiary/aromatic N) is 1. The molecule has 0 unspecified atom stereocenters. The lowest BCUT2D eigenvalue weighted by atomic mass is 10.0. The molecule has 1 amide bonds. The highest BCUT2D eigenvalue weighted by atomic mass is 16.6. The average molecular weight is 374 g/mol. The summed E-state index contributed by atoms with van der Waals surface area (Å²) in [6.45, 7) is 0.300. The van der Waals surface area contributed by atoms with Crippen LogP contribution in [0.1, 0.15) is 11.1 Å². The standard InChI is InChI=1S/C23H22N2O3/c1-24-23(26)22(25-27-2)21-14-7-6-11-19(21)16-28-20-13-8-12-18(15-20)17-9-4-3-5-10-17/h3-15H,16H2,1-2H3,(H,24,26)/b25-22+. The molecule has 5 heteroatoms. The smallest absolute Gasteiger partial charge is 0.273 e. The first-order valence-electron chi connectivity index (χ1n) is 8.92. The van der Waals surface area contributed by atoms with Gasteiger partial charge in [-0.1, -0.05) is 71.9 Å². The number of rotatable bonds is 7. The second kappa shape index (κ2) is 9.37. The van der Waals surface area contributed by atoms with Crippen molar-refractivity contribution in [3.05, 3.63) is 90.0 Å². The lowest BCUT2D eigenvalue weighted by Crippen LogP contribution is -2.29. The minimum atomic E-state index is -0.319. The molecule has 0 aliphatic rings. The molecule has 142 valence electrons. The van der Waals surface area contributed by atoms with Crippen LogP contribution in [0.4, 0.5) is 0 Å². The molecular formula is C23H22N2O3. The largest absolute Gasteiger partial charge is 0.489 e. The molecule has 0 aliphatic heterocycles. The summed E-state index contributed by atoms with van der Waals surface area (Å²) in [5, 5.41) is 6.47. The van der Waals surface area contributed by atoms with E-state index < -0.39 is 0 Å². The van der Waals surface area contributed by atoms with E-state index in [0.717, 1.165) is 22.4 Å². The van der Waals surface area contributed by atoms with E-state index >= 15 is 0 Å². The van der Waals surface area contributed by atoms with Crippen molar-refractivity contribution < 1.29 is 14.4 Å². The Kier molecular flexibility index (Phi) is 6.41. The van der Waals surface area contributed by atoms with Crippen LogP contribution in [0.15, 0.2) is 84.0 Å². The molecule has 0 aliphatic carbocycles. The van der Waals surface area contributed by atoms with E-state index in [1.807, 2.05) is 66.7 Å². The molecule has 28 heavy (non-hydrogen) atoms. The molecule has 0 saturated heterocycles. The zero-order valence-electron chi connectivity index (χ0n) is 15.9. The Balaban J connectivity index is 1.83. The van der Waals surface area contributed by atoms with Gasteiger partial charge in [-0.05, 0) is 28.8 Å². The summed E-state index contributed by atoms with van der Waals surface area (Å²) in [5.41, 5.74) is 3.93. The second-order valence-electron chi connectivity index (χ2n) is 6.04. The van der Waals surface area contributed by atoms with Crippen molar-refractivity contribution in [2.45, 2.75) is 6.61 Å². The summed E-state index contributed by atoms with van der Waals surface area (Å²) in [6, 6.07) is 25.5. The fourth-order valence-corrected chi connectivity index (χ4v) is 2.86. The molecule has 3 rings (SSSR count). The normalized spacial score (nSPS) is 11.0. The third kappa shape index (κ3) is 4.57. The van der Waals surface area contributed by atoms with E-state index in [0.29, 0.717) is 12.2 Å². The van der Waals surface area contributed by atoms with E-state index in [9.17, 15) is 4.79 Å². The highest BCUT2D eigenvalue weighted by Crippen LogP contribution is 2.24. The van der Waals surface area contributed by atoms with Gasteiger partial charge < -0.3 is 14.9 Å². The highest BCUT2D eigenvalue weighted by Gasteiger charge is 2.17. The molecule has 5 nitrogen and oxygen atoms in total. The number of amides is 1. The van der Waals surface area contributed by atoms with Crippen LogP contribution in [0, 0.1) is 0 Å². The Hall–Kier alpha value is -3.60. The highest BCUT2D eigenvalue weighted by molar-refractivity contribution is 6.45. The number of likely N-dealkylation sites (N-methyl/N-ethyl adjacent to an activating group) is 1. The summed E-state index contributed by atoms with van der Waals surface area (Å²) < 4.78 is 6.01. The maximum Gasteiger partial charge on any atom is 0.273 e. The van der Waals surface area contributed by atoms with Gasteiger partial charge in [0.2, 0.25) is 0 Å². The quantitative estimate of drug-likeness (QED) is 0.502. The molecule has 0 radical (unpaired) electrons. The Morgan fingerprint density at radius 2 is 1.64 bits per heavy atom. The lowest BCUT2D eigenvalue weighted by molar-refractivity contribution is -0.114. The lowest BCUT2D eigenvalue weighted by Gasteiger charge is -2.13. The second-order valence-corrected chi connectivity index (χ2v) is 6.04. The van der Waals surface area contributed by atoms with Gasteiger partial charge in [0.05, 0.1) is 0 Å². The van der Waals surface area contributed by atoms with Crippen LogP contribution in [0.3, 0.4) is 0 Å². The van der Waals surface area contributed by atoms with E-state index in [2.05, 4.69) is 22.6 Å². The maximum absolute atomic E-state index is 12.2. The van der Waals surface area contributed by atoms with E-state index in [4.69, 9.17) is 9.57 Å². The molecule has 0 fully saturated rings. The topological polar surface area (TPSA) is 59.9 Å². The number of nitrogens with one attached hydrogen (secondary N) is 1. The predicted molar refractivity (Wildman–Crippen MR) is 110 cm³/mol. The zero-order valence-corrected chi connectivity index (χ0v) is 15.9. The van der Waals surface area contributed by atoms with Crippen molar-refractivity contribution in [2.24, 2.45) is 5.16 Å². The van der Waals surface area contributed by atoms with Gasteiger partial charge in [0.25, 0.3) is 5.91 Å². The number of hydrogen-bond acceptors (Lipinski definition) is 4. The van der Waals surface area contributed by atoms with Crippen LogP contribution in [0.2, 0.25) is 0 Å². The van der Waals surface area contributed by atoms with Crippen LogP contribution in [-0.4, -0.2) is 25.8 Å². The average Bonchev–Trinajstić information content (AvgIpc) is 2.76. The molecule has 3 aromatic rings. The third-order valence-corrected chi connectivity index (χ3v) is 4.23. The molecule has 1 N–H and O–H groups in total. The summed E-state index contributed by atoms with van der Waals surface area (Å²) in [7, 11) is 2.97. The Morgan fingerprint density at radius 1 is 0.929 bits per heavy atom. The Morgan fingerprint density at radius 3 is 2.39 bits per heavy atom. The van der Waals surface area contributed by atoms with Crippen molar-refractivity contribution >= 4 is 11.6 Å². The molecule has 0 heterocycles. The van der Waals surface area contributed by atoms with Crippen molar-refractivity contribution in [1.82, 2.24) is 5.32 Å².